The molecule has 2 N–H and O–H groups in total. The molecule has 3 rings (SSSR count). The summed E-state index contributed by atoms with van der Waals surface area (Å²) in [6.45, 7) is 0.484. The highest BCUT2D eigenvalue weighted by atomic mass is 16.4. The van der Waals surface area contributed by atoms with E-state index in [1.807, 2.05) is 30.3 Å². The minimum absolute atomic E-state index is 0.248. The Kier molecular flexibility index (Phi) is 3.31. The van der Waals surface area contributed by atoms with Crippen molar-refractivity contribution in [3.8, 4) is 0 Å². The van der Waals surface area contributed by atoms with Crippen LogP contribution < -0.4 is 10.2 Å². The van der Waals surface area contributed by atoms with Gasteiger partial charge in [-0.15, -0.1) is 0 Å². The van der Waals surface area contributed by atoms with Crippen LogP contribution in [0.2, 0.25) is 0 Å². The molecule has 1 heterocycles. The van der Waals surface area contributed by atoms with Crippen LogP contribution in [0, 0.1) is 0 Å². The lowest BCUT2D eigenvalue weighted by Gasteiger charge is -2.18. The number of anilines is 2. The van der Waals surface area contributed by atoms with Gasteiger partial charge in [0.1, 0.15) is 0 Å². The average molecular weight is 282 g/mol. The maximum absolute atomic E-state index is 12.3. The molecule has 1 aliphatic rings. The third-order valence-corrected chi connectivity index (χ3v) is 3.53. The normalized spacial score (nSPS) is 12.9. The Balaban J connectivity index is 1.86. The quantitative estimate of drug-likeness (QED) is 0.889. The van der Waals surface area contributed by atoms with Crippen molar-refractivity contribution in [2.45, 2.75) is 6.42 Å². The molecule has 2 aromatic rings. The van der Waals surface area contributed by atoms with Crippen LogP contribution in [0.5, 0.6) is 0 Å². The smallest absolute Gasteiger partial charge is 0.336 e. The zero-order valence-corrected chi connectivity index (χ0v) is 11.2. The van der Waals surface area contributed by atoms with Crippen molar-refractivity contribution in [2.75, 3.05) is 16.8 Å². The molecule has 0 fully saturated rings. The van der Waals surface area contributed by atoms with E-state index < -0.39 is 5.97 Å². The molecule has 0 saturated heterocycles. The molecule has 0 radical (unpaired) electrons. The summed E-state index contributed by atoms with van der Waals surface area (Å²) < 4.78 is 0. The molecule has 21 heavy (non-hydrogen) atoms. The van der Waals surface area contributed by atoms with Gasteiger partial charge >= 0.3 is 12.0 Å². The number of carbonyl (C=O) groups is 2. The van der Waals surface area contributed by atoms with Crippen LogP contribution in [-0.4, -0.2) is 23.7 Å². The molecule has 5 nitrogen and oxygen atoms in total. The molecular weight excluding hydrogens is 268 g/mol. The van der Waals surface area contributed by atoms with E-state index in [9.17, 15) is 14.7 Å². The molecular formula is C16H14N2O3. The molecule has 0 aliphatic carbocycles. The molecule has 2 amide bonds. The summed E-state index contributed by atoms with van der Waals surface area (Å²) in [4.78, 5) is 25.1. The molecule has 0 aromatic heterocycles. The number of nitrogens with zero attached hydrogens (tertiary/aromatic N) is 1. The Morgan fingerprint density at radius 3 is 2.52 bits per heavy atom. The number of urea groups is 1. The molecule has 106 valence electrons. The van der Waals surface area contributed by atoms with Gasteiger partial charge in [-0.2, -0.15) is 0 Å². The van der Waals surface area contributed by atoms with E-state index in [0.717, 1.165) is 0 Å². The number of fused-ring (bicyclic) bond motifs is 1. The van der Waals surface area contributed by atoms with E-state index in [4.69, 9.17) is 0 Å². The standard InChI is InChI=1S/C16H14N2O3/c19-15(20)13-7-4-8-14-12(13)9-10-18(14)16(21)17-11-5-2-1-3-6-11/h1-8H,9-10H2,(H,17,21)(H,19,20). The molecule has 5 heteroatoms. The number of nitrogens with one attached hydrogen (secondary N) is 1. The largest absolute Gasteiger partial charge is 0.478 e. The lowest BCUT2D eigenvalue weighted by molar-refractivity contribution is 0.0696. The van der Waals surface area contributed by atoms with Crippen molar-refractivity contribution in [1.82, 2.24) is 0 Å². The van der Waals surface area contributed by atoms with Crippen LogP contribution in [0.3, 0.4) is 0 Å². The Bertz CT molecular complexity index is 698. The first-order valence-corrected chi connectivity index (χ1v) is 6.65. The fourth-order valence-electron chi connectivity index (χ4n) is 2.56. The third kappa shape index (κ3) is 2.45. The molecule has 0 bridgehead atoms. The van der Waals surface area contributed by atoms with Gasteiger partial charge in [-0.3, -0.25) is 4.90 Å². The van der Waals surface area contributed by atoms with E-state index in [1.165, 1.54) is 0 Å². The highest BCUT2D eigenvalue weighted by Crippen LogP contribution is 2.31. The number of amides is 2. The molecule has 1 aliphatic heterocycles. The Morgan fingerprint density at radius 2 is 1.81 bits per heavy atom. The molecule has 0 atom stereocenters. The summed E-state index contributed by atoms with van der Waals surface area (Å²) in [7, 11) is 0. The van der Waals surface area contributed by atoms with Gasteiger partial charge in [-0.05, 0) is 36.2 Å². The maximum atomic E-state index is 12.3. The van der Waals surface area contributed by atoms with Crippen molar-refractivity contribution in [3.63, 3.8) is 0 Å². The van der Waals surface area contributed by atoms with Crippen molar-refractivity contribution in [2.24, 2.45) is 0 Å². The zero-order valence-electron chi connectivity index (χ0n) is 11.2. The van der Waals surface area contributed by atoms with Crippen molar-refractivity contribution in [1.29, 1.82) is 0 Å². The molecule has 0 spiro atoms. The number of benzene rings is 2. The number of aromatic carboxylic acids is 1. The van der Waals surface area contributed by atoms with E-state index in [2.05, 4.69) is 5.32 Å². The second-order valence-electron chi connectivity index (χ2n) is 4.81. The van der Waals surface area contributed by atoms with E-state index in [-0.39, 0.29) is 11.6 Å². The Hall–Kier alpha value is -2.82. The fraction of sp³-hybridized carbons (Fsp3) is 0.125. The monoisotopic (exact) mass is 282 g/mol. The topological polar surface area (TPSA) is 69.6 Å². The molecule has 0 unspecified atom stereocenters. The first kappa shape index (κ1) is 13.2. The number of para-hydroxylation sites is 1. The van der Waals surface area contributed by atoms with Crippen molar-refractivity contribution in [3.05, 3.63) is 59.7 Å². The minimum Gasteiger partial charge on any atom is -0.478 e. The lowest BCUT2D eigenvalue weighted by Crippen LogP contribution is -2.33. The Morgan fingerprint density at radius 1 is 1.05 bits per heavy atom. The number of rotatable bonds is 2. The summed E-state index contributed by atoms with van der Waals surface area (Å²) >= 11 is 0. The average Bonchev–Trinajstić information content (AvgIpc) is 2.92. The van der Waals surface area contributed by atoms with Crippen molar-refractivity contribution < 1.29 is 14.7 Å². The van der Waals surface area contributed by atoms with Crippen LogP contribution in [-0.2, 0) is 6.42 Å². The van der Waals surface area contributed by atoms with Crippen LogP contribution in [0.15, 0.2) is 48.5 Å². The zero-order chi connectivity index (χ0) is 14.8. The van der Waals surface area contributed by atoms with Crippen LogP contribution >= 0.6 is 0 Å². The molecule has 2 aromatic carbocycles. The highest BCUT2D eigenvalue weighted by molar-refractivity contribution is 6.04. The van der Waals surface area contributed by atoms with E-state index in [1.54, 1.807) is 23.1 Å². The van der Waals surface area contributed by atoms with Crippen LogP contribution in [0.25, 0.3) is 0 Å². The third-order valence-electron chi connectivity index (χ3n) is 3.53. The maximum Gasteiger partial charge on any atom is 0.336 e. The van der Waals surface area contributed by atoms with Crippen molar-refractivity contribution >= 4 is 23.4 Å². The number of carbonyl (C=O) groups excluding carboxylic acids is 1. The second kappa shape index (κ2) is 5.28. The summed E-state index contributed by atoms with van der Waals surface area (Å²) in [6, 6.07) is 13.9. The van der Waals surface area contributed by atoms with Gasteiger partial charge in [-0.25, -0.2) is 9.59 Å². The summed E-state index contributed by atoms with van der Waals surface area (Å²) in [6.07, 6.45) is 0.556. The predicted molar refractivity (Wildman–Crippen MR) is 79.9 cm³/mol. The van der Waals surface area contributed by atoms with E-state index >= 15 is 0 Å². The fourth-order valence-corrected chi connectivity index (χ4v) is 2.56. The number of carboxylic acids is 1. The summed E-state index contributed by atoms with van der Waals surface area (Å²) in [5.74, 6) is -0.961. The van der Waals surface area contributed by atoms with Gasteiger partial charge in [0.2, 0.25) is 0 Å². The first-order valence-electron chi connectivity index (χ1n) is 6.65. The van der Waals surface area contributed by atoms with Gasteiger partial charge in [0, 0.05) is 17.9 Å². The first-order chi connectivity index (χ1) is 10.2. The van der Waals surface area contributed by atoms with Gasteiger partial charge in [0.05, 0.1) is 5.56 Å². The lowest BCUT2D eigenvalue weighted by atomic mass is 10.1. The SMILES string of the molecule is O=C(O)c1cccc2c1CCN2C(=O)Nc1ccccc1. The van der Waals surface area contributed by atoms with Crippen LogP contribution in [0.4, 0.5) is 16.2 Å². The predicted octanol–water partition coefficient (Wildman–Crippen LogP) is 2.98. The molecule has 0 saturated carbocycles. The Labute approximate surface area is 121 Å². The van der Waals surface area contributed by atoms with Gasteiger partial charge in [0.15, 0.2) is 0 Å². The minimum atomic E-state index is -0.961. The second-order valence-corrected chi connectivity index (χ2v) is 4.81. The summed E-state index contributed by atoms with van der Waals surface area (Å²) in [5, 5.41) is 12.0. The summed E-state index contributed by atoms with van der Waals surface area (Å²) in [5.41, 5.74) is 2.37. The van der Waals surface area contributed by atoms with Gasteiger partial charge in [0.25, 0.3) is 0 Å². The van der Waals surface area contributed by atoms with Crippen LogP contribution in [0.1, 0.15) is 15.9 Å². The number of hydrogen-bond donors (Lipinski definition) is 2. The van der Waals surface area contributed by atoms with E-state index in [0.29, 0.717) is 29.9 Å². The van der Waals surface area contributed by atoms with Gasteiger partial charge in [-0.1, -0.05) is 24.3 Å². The number of hydrogen-bond acceptors (Lipinski definition) is 2. The number of carboxylic acid groups (broad SMARTS) is 1. The highest BCUT2D eigenvalue weighted by Gasteiger charge is 2.28. The van der Waals surface area contributed by atoms with Gasteiger partial charge < -0.3 is 10.4 Å².